The molecular weight excluding hydrogens is 416 g/mol. The Morgan fingerprint density at radius 1 is 1.06 bits per heavy atom. The molecule has 1 saturated heterocycles. The molecule has 0 unspecified atom stereocenters. The van der Waals surface area contributed by atoms with Crippen molar-refractivity contribution >= 4 is 33.8 Å². The van der Waals surface area contributed by atoms with Crippen molar-refractivity contribution in [3.05, 3.63) is 74.1 Å². The van der Waals surface area contributed by atoms with E-state index in [0.717, 1.165) is 49.1 Å². The molecule has 1 fully saturated rings. The maximum atomic E-state index is 12.8. The summed E-state index contributed by atoms with van der Waals surface area (Å²) in [4.78, 5) is 41.0. The number of hydrogen-bond donors (Lipinski definition) is 0. The van der Waals surface area contributed by atoms with Crippen LogP contribution in [0.5, 0.6) is 0 Å². The van der Waals surface area contributed by atoms with Gasteiger partial charge in [0.2, 0.25) is 0 Å². The van der Waals surface area contributed by atoms with Gasteiger partial charge in [-0.25, -0.2) is 4.98 Å². The normalized spacial score (nSPS) is 15.7. The van der Waals surface area contributed by atoms with E-state index in [0.29, 0.717) is 16.2 Å². The Bertz CT molecular complexity index is 1400. The molecule has 0 aliphatic carbocycles. The SMILES string of the molecule is Cn1c(=O)c(=O)n(C2CCN(Cc3cccc4nccnc34)CC2)c2ncc(Cl)cc21. The molecule has 1 aromatic carbocycles. The molecule has 0 spiro atoms. The molecule has 1 aliphatic rings. The number of piperidine rings is 1. The minimum Gasteiger partial charge on any atom is -0.304 e. The first-order valence-corrected chi connectivity index (χ1v) is 10.6. The van der Waals surface area contributed by atoms with Crippen molar-refractivity contribution in [1.82, 2.24) is 29.0 Å². The quantitative estimate of drug-likeness (QED) is 0.459. The van der Waals surface area contributed by atoms with Gasteiger partial charge in [0.05, 0.1) is 21.6 Å². The van der Waals surface area contributed by atoms with Crippen LogP contribution >= 0.6 is 11.6 Å². The van der Waals surface area contributed by atoms with Crippen LogP contribution in [0, 0.1) is 0 Å². The topological polar surface area (TPSA) is 85.9 Å². The summed E-state index contributed by atoms with van der Waals surface area (Å²) in [6.07, 6.45) is 6.43. The van der Waals surface area contributed by atoms with E-state index in [1.54, 1.807) is 30.1 Å². The van der Waals surface area contributed by atoms with Crippen LogP contribution in [0.1, 0.15) is 24.4 Å². The highest BCUT2D eigenvalue weighted by Gasteiger charge is 2.25. The van der Waals surface area contributed by atoms with Gasteiger partial charge in [0.25, 0.3) is 0 Å². The number of aryl methyl sites for hydroxylation is 1. The number of hydrogen-bond acceptors (Lipinski definition) is 6. The molecular formula is C22H21ClN6O2. The minimum atomic E-state index is -0.562. The highest BCUT2D eigenvalue weighted by Crippen LogP contribution is 2.26. The highest BCUT2D eigenvalue weighted by molar-refractivity contribution is 6.31. The van der Waals surface area contributed by atoms with Crippen LogP contribution in [0.3, 0.4) is 0 Å². The van der Waals surface area contributed by atoms with Crippen molar-refractivity contribution in [2.75, 3.05) is 13.1 Å². The molecule has 0 radical (unpaired) electrons. The predicted molar refractivity (Wildman–Crippen MR) is 119 cm³/mol. The maximum absolute atomic E-state index is 12.8. The van der Waals surface area contributed by atoms with Crippen molar-refractivity contribution < 1.29 is 0 Å². The average Bonchev–Trinajstić information content (AvgIpc) is 2.79. The molecule has 4 aromatic rings. The molecule has 1 aliphatic heterocycles. The molecule has 0 bridgehead atoms. The maximum Gasteiger partial charge on any atom is 0.318 e. The average molecular weight is 437 g/mol. The molecule has 0 N–H and O–H groups in total. The number of halogens is 1. The fourth-order valence-corrected chi connectivity index (χ4v) is 4.55. The van der Waals surface area contributed by atoms with E-state index in [9.17, 15) is 9.59 Å². The van der Waals surface area contributed by atoms with Crippen molar-refractivity contribution in [1.29, 1.82) is 0 Å². The predicted octanol–water partition coefficient (Wildman–Crippen LogP) is 2.53. The minimum absolute atomic E-state index is 0.0823. The molecule has 0 saturated carbocycles. The first kappa shape index (κ1) is 19.8. The fourth-order valence-electron chi connectivity index (χ4n) is 4.40. The van der Waals surface area contributed by atoms with Crippen molar-refractivity contribution in [2.45, 2.75) is 25.4 Å². The van der Waals surface area contributed by atoms with Crippen molar-refractivity contribution in [3.8, 4) is 0 Å². The number of pyridine rings is 1. The summed E-state index contributed by atoms with van der Waals surface area (Å²) in [5, 5.41) is 0.431. The van der Waals surface area contributed by atoms with Gasteiger partial charge in [-0.05, 0) is 30.5 Å². The summed E-state index contributed by atoms with van der Waals surface area (Å²) in [6, 6.07) is 7.64. The number of para-hydroxylation sites is 1. The summed E-state index contributed by atoms with van der Waals surface area (Å²) in [7, 11) is 1.57. The van der Waals surface area contributed by atoms with Gasteiger partial charge in [-0.3, -0.25) is 29.0 Å². The van der Waals surface area contributed by atoms with Crippen LogP contribution in [-0.2, 0) is 13.6 Å². The first-order valence-electron chi connectivity index (χ1n) is 10.2. The lowest BCUT2D eigenvalue weighted by Gasteiger charge is -2.33. The lowest BCUT2D eigenvalue weighted by atomic mass is 10.0. The smallest absolute Gasteiger partial charge is 0.304 e. The zero-order chi connectivity index (χ0) is 21.5. The molecule has 158 valence electrons. The van der Waals surface area contributed by atoms with Crippen molar-refractivity contribution in [2.24, 2.45) is 7.05 Å². The van der Waals surface area contributed by atoms with Crippen LogP contribution in [-0.4, -0.2) is 42.1 Å². The molecule has 5 rings (SSSR count). The van der Waals surface area contributed by atoms with Gasteiger partial charge in [0, 0.05) is 51.3 Å². The number of fused-ring (bicyclic) bond motifs is 2. The molecule has 0 amide bonds. The van der Waals surface area contributed by atoms with E-state index < -0.39 is 11.1 Å². The number of aromatic nitrogens is 5. The third-order valence-corrected chi connectivity index (χ3v) is 6.21. The largest absolute Gasteiger partial charge is 0.318 e. The molecule has 31 heavy (non-hydrogen) atoms. The molecule has 9 heteroatoms. The molecule has 3 aromatic heterocycles. The molecule has 0 atom stereocenters. The van der Waals surface area contributed by atoms with Gasteiger partial charge in [0.15, 0.2) is 5.65 Å². The number of likely N-dealkylation sites (tertiary alicyclic amines) is 1. The van der Waals surface area contributed by atoms with Crippen LogP contribution in [0.15, 0.2) is 52.4 Å². The van der Waals surface area contributed by atoms with Crippen LogP contribution < -0.4 is 11.1 Å². The van der Waals surface area contributed by atoms with E-state index >= 15 is 0 Å². The van der Waals surface area contributed by atoms with Gasteiger partial charge in [-0.15, -0.1) is 0 Å². The van der Waals surface area contributed by atoms with Crippen LogP contribution in [0.4, 0.5) is 0 Å². The van der Waals surface area contributed by atoms with Crippen molar-refractivity contribution in [3.63, 3.8) is 0 Å². The Balaban J connectivity index is 1.42. The van der Waals surface area contributed by atoms with E-state index in [1.165, 1.54) is 10.8 Å². The Labute approximate surface area is 182 Å². The molecule has 8 nitrogen and oxygen atoms in total. The first-order chi connectivity index (χ1) is 15.0. The van der Waals surface area contributed by atoms with E-state index in [2.05, 4.69) is 25.9 Å². The van der Waals surface area contributed by atoms with E-state index in [1.807, 2.05) is 12.1 Å². The second-order valence-electron chi connectivity index (χ2n) is 7.88. The fraction of sp³-hybridized carbons (Fsp3) is 0.318. The summed E-state index contributed by atoms with van der Waals surface area (Å²) in [5.74, 6) is 0. The van der Waals surface area contributed by atoms with E-state index in [4.69, 9.17) is 11.6 Å². The van der Waals surface area contributed by atoms with E-state index in [-0.39, 0.29) is 6.04 Å². The number of benzene rings is 1. The van der Waals surface area contributed by atoms with Gasteiger partial charge in [-0.1, -0.05) is 23.7 Å². The monoisotopic (exact) mass is 436 g/mol. The lowest BCUT2D eigenvalue weighted by Crippen LogP contribution is -2.45. The van der Waals surface area contributed by atoms with Gasteiger partial charge >= 0.3 is 11.1 Å². The second kappa shape index (κ2) is 7.86. The van der Waals surface area contributed by atoms with Gasteiger partial charge < -0.3 is 4.57 Å². The zero-order valence-electron chi connectivity index (χ0n) is 17.0. The van der Waals surface area contributed by atoms with Gasteiger partial charge in [0.1, 0.15) is 0 Å². The lowest BCUT2D eigenvalue weighted by molar-refractivity contribution is 0.179. The number of nitrogens with zero attached hydrogens (tertiary/aromatic N) is 6. The Morgan fingerprint density at radius 2 is 1.84 bits per heavy atom. The summed E-state index contributed by atoms with van der Waals surface area (Å²) in [5.41, 5.74) is 2.91. The summed E-state index contributed by atoms with van der Waals surface area (Å²) < 4.78 is 2.89. The Hall–Kier alpha value is -3.10. The summed E-state index contributed by atoms with van der Waals surface area (Å²) >= 11 is 6.08. The van der Waals surface area contributed by atoms with Crippen LogP contribution in [0.25, 0.3) is 22.2 Å². The highest BCUT2D eigenvalue weighted by atomic mass is 35.5. The third kappa shape index (κ3) is 3.51. The second-order valence-corrected chi connectivity index (χ2v) is 8.32. The zero-order valence-corrected chi connectivity index (χ0v) is 17.8. The Kier molecular flexibility index (Phi) is 5.03. The number of rotatable bonds is 3. The summed E-state index contributed by atoms with van der Waals surface area (Å²) in [6.45, 7) is 2.37. The third-order valence-electron chi connectivity index (χ3n) is 6.01. The van der Waals surface area contributed by atoms with Crippen LogP contribution in [0.2, 0.25) is 5.02 Å². The standard InChI is InChI=1S/C22H21ClN6O2/c1-27-18-11-15(23)12-26-20(18)29(22(31)21(27)30)16-5-9-28(10-6-16)13-14-3-2-4-17-19(14)25-8-7-24-17/h2-4,7-8,11-12,16H,5-6,9-10,13H2,1H3. The molecule has 4 heterocycles. The Morgan fingerprint density at radius 3 is 2.65 bits per heavy atom. The van der Waals surface area contributed by atoms with Gasteiger partial charge in [-0.2, -0.15) is 0 Å².